The Morgan fingerprint density at radius 2 is 1.97 bits per heavy atom. The number of aliphatic hydroxyl groups excluding tert-OH is 1. The number of rotatable bonds is 10. The van der Waals surface area contributed by atoms with Crippen molar-refractivity contribution in [2.24, 2.45) is 7.05 Å². The van der Waals surface area contributed by atoms with Gasteiger partial charge in [0.2, 0.25) is 0 Å². The van der Waals surface area contributed by atoms with Crippen molar-refractivity contribution in [2.75, 3.05) is 18.9 Å². The van der Waals surface area contributed by atoms with E-state index in [-0.39, 0.29) is 41.7 Å². The minimum Gasteiger partial charge on any atom is -0.482 e. The van der Waals surface area contributed by atoms with Gasteiger partial charge >= 0.3 is 5.69 Å². The molecule has 3 N–H and O–H groups in total. The van der Waals surface area contributed by atoms with Gasteiger partial charge < -0.3 is 25.1 Å². The average Bonchev–Trinajstić information content (AvgIpc) is 2.89. The molecule has 0 radical (unpaired) electrons. The maximum atomic E-state index is 13.7. The Morgan fingerprint density at radius 3 is 2.57 bits per heavy atom. The summed E-state index contributed by atoms with van der Waals surface area (Å²) in [5, 5.41) is 11.4. The van der Waals surface area contributed by atoms with E-state index in [1.54, 1.807) is 26.0 Å². The van der Waals surface area contributed by atoms with Crippen LogP contribution in [0.25, 0.3) is 5.57 Å². The van der Waals surface area contributed by atoms with Gasteiger partial charge in [-0.15, -0.1) is 6.42 Å². The van der Waals surface area contributed by atoms with E-state index >= 15 is 0 Å². The van der Waals surface area contributed by atoms with Crippen LogP contribution >= 0.6 is 0 Å². The Morgan fingerprint density at radius 1 is 1.27 bits per heavy atom. The fourth-order valence-corrected chi connectivity index (χ4v) is 4.21. The summed E-state index contributed by atoms with van der Waals surface area (Å²) in [6.07, 6.45) is 7.16. The number of allylic oxidation sites excluding steroid dienone is 1. The number of terminal acetylenes is 1. The fourth-order valence-electron chi connectivity index (χ4n) is 4.21. The number of hydrogen-bond donors (Lipinski definition) is 2. The van der Waals surface area contributed by atoms with Crippen LogP contribution in [0, 0.1) is 19.3 Å². The number of aryl methyl sites for hydroxylation is 1. The molecule has 1 fully saturated rings. The van der Waals surface area contributed by atoms with Crippen molar-refractivity contribution in [3.05, 3.63) is 67.6 Å². The van der Waals surface area contributed by atoms with Gasteiger partial charge in [-0.1, -0.05) is 29.8 Å². The second kappa shape index (κ2) is 12.8. The average molecular weight is 512 g/mol. The summed E-state index contributed by atoms with van der Waals surface area (Å²) in [6, 6.07) is 7.16. The van der Waals surface area contributed by atoms with Gasteiger partial charge in [-0.2, -0.15) is 0 Å². The van der Waals surface area contributed by atoms with Crippen LogP contribution in [0.4, 0.5) is 5.82 Å². The van der Waals surface area contributed by atoms with Crippen molar-refractivity contribution in [3.63, 3.8) is 0 Å². The smallest absolute Gasteiger partial charge is 0.332 e. The third kappa shape index (κ3) is 6.72. The maximum Gasteiger partial charge on any atom is 0.332 e. The van der Waals surface area contributed by atoms with Crippen molar-refractivity contribution in [1.29, 1.82) is 0 Å². The summed E-state index contributed by atoms with van der Waals surface area (Å²) in [6.45, 7) is 6.57. The lowest BCUT2D eigenvalue weighted by Crippen LogP contribution is -2.42. The first-order valence-corrected chi connectivity index (χ1v) is 12.6. The van der Waals surface area contributed by atoms with Gasteiger partial charge in [0, 0.05) is 20.2 Å². The Kier molecular flexibility index (Phi) is 9.75. The second-order valence-electron chi connectivity index (χ2n) is 9.45. The predicted molar refractivity (Wildman–Crippen MR) is 143 cm³/mol. The van der Waals surface area contributed by atoms with E-state index in [4.69, 9.17) is 26.4 Å². The van der Waals surface area contributed by atoms with Crippen molar-refractivity contribution < 1.29 is 19.3 Å². The predicted octanol–water partition coefficient (Wildman–Crippen LogP) is 2.87. The summed E-state index contributed by atoms with van der Waals surface area (Å²) in [7, 11) is 1.47. The van der Waals surface area contributed by atoms with Crippen LogP contribution in [0.2, 0.25) is 0 Å². The standard InChI is InChI=1S/C28H37N3O6/c1-6-21(37-18(2)3)23(25(32)20-13-11-19(4)12-14-20)24-26(29)30(5)28(34)31(27(24)33)15-9-17-36-22-10-7-8-16-35-22/h1,11-14,18,22,25,32H,7-10,15-17,29H2,2-5H3/b23-21-. The first kappa shape index (κ1) is 28.3. The van der Waals surface area contributed by atoms with Crippen LogP contribution < -0.4 is 17.0 Å². The molecule has 200 valence electrons. The van der Waals surface area contributed by atoms with Crippen LogP contribution in [0.1, 0.15) is 62.3 Å². The first-order chi connectivity index (χ1) is 17.6. The molecular weight excluding hydrogens is 474 g/mol. The van der Waals surface area contributed by atoms with Crippen LogP contribution in [-0.2, 0) is 27.8 Å². The lowest BCUT2D eigenvalue weighted by atomic mass is 9.94. The molecule has 1 aromatic carbocycles. The zero-order chi connectivity index (χ0) is 27.1. The third-order valence-electron chi connectivity index (χ3n) is 6.23. The van der Waals surface area contributed by atoms with Crippen molar-refractivity contribution in [3.8, 4) is 12.3 Å². The molecule has 0 spiro atoms. The summed E-state index contributed by atoms with van der Waals surface area (Å²) in [5.41, 5.74) is 6.55. The van der Waals surface area contributed by atoms with E-state index in [0.717, 1.165) is 29.4 Å². The molecule has 37 heavy (non-hydrogen) atoms. The number of nitrogen functional groups attached to an aromatic ring is 1. The van der Waals surface area contributed by atoms with Gasteiger partial charge in [-0.25, -0.2) is 4.79 Å². The zero-order valence-electron chi connectivity index (χ0n) is 22.0. The lowest BCUT2D eigenvalue weighted by Gasteiger charge is -2.23. The number of ether oxygens (including phenoxy) is 3. The normalized spacial score (nSPS) is 17.3. The van der Waals surface area contributed by atoms with E-state index in [9.17, 15) is 14.7 Å². The Labute approximate surface area is 217 Å². The quantitative estimate of drug-likeness (QED) is 0.286. The van der Waals surface area contributed by atoms with Crippen LogP contribution in [0.3, 0.4) is 0 Å². The third-order valence-corrected chi connectivity index (χ3v) is 6.23. The van der Waals surface area contributed by atoms with Crippen LogP contribution in [0.5, 0.6) is 0 Å². The summed E-state index contributed by atoms with van der Waals surface area (Å²) >= 11 is 0. The fraction of sp³-hybridized carbons (Fsp3) is 0.500. The molecular formula is C28H37N3O6. The minimum atomic E-state index is -1.32. The molecule has 2 unspecified atom stereocenters. The van der Waals surface area contributed by atoms with Gasteiger partial charge in [-0.05, 0) is 57.9 Å². The Balaban J connectivity index is 2.05. The molecule has 0 saturated carbocycles. The Hall–Kier alpha value is -3.32. The second-order valence-corrected chi connectivity index (χ2v) is 9.45. The zero-order valence-corrected chi connectivity index (χ0v) is 22.0. The van der Waals surface area contributed by atoms with Gasteiger partial charge in [0.1, 0.15) is 11.9 Å². The summed E-state index contributed by atoms with van der Waals surface area (Å²) in [4.78, 5) is 26.7. The number of benzene rings is 1. The van der Waals surface area contributed by atoms with E-state index in [1.807, 2.05) is 19.1 Å². The summed E-state index contributed by atoms with van der Waals surface area (Å²) in [5.74, 6) is 2.33. The molecule has 0 amide bonds. The minimum absolute atomic E-state index is 0.0187. The van der Waals surface area contributed by atoms with E-state index in [1.165, 1.54) is 11.6 Å². The molecule has 0 bridgehead atoms. The highest BCUT2D eigenvalue weighted by Gasteiger charge is 2.29. The molecule has 2 heterocycles. The molecule has 9 heteroatoms. The van der Waals surface area contributed by atoms with E-state index < -0.39 is 17.4 Å². The summed E-state index contributed by atoms with van der Waals surface area (Å²) < 4.78 is 19.4. The number of hydrogen-bond acceptors (Lipinski definition) is 7. The van der Waals surface area contributed by atoms with Crippen molar-refractivity contribution in [1.82, 2.24) is 9.13 Å². The lowest BCUT2D eigenvalue weighted by molar-refractivity contribution is -0.163. The number of aliphatic hydroxyl groups is 1. The molecule has 2 aromatic rings. The Bertz CT molecular complexity index is 1260. The van der Waals surface area contributed by atoms with Gasteiger partial charge in [0.05, 0.1) is 23.8 Å². The highest BCUT2D eigenvalue weighted by Crippen LogP contribution is 2.34. The molecule has 0 aliphatic carbocycles. The van der Waals surface area contributed by atoms with Crippen LogP contribution in [-0.4, -0.2) is 39.8 Å². The van der Waals surface area contributed by atoms with Gasteiger partial charge in [-0.3, -0.25) is 13.9 Å². The highest BCUT2D eigenvalue weighted by molar-refractivity contribution is 5.79. The largest absolute Gasteiger partial charge is 0.482 e. The number of nitrogens with two attached hydrogens (primary N) is 1. The van der Waals surface area contributed by atoms with E-state index in [2.05, 4.69) is 5.92 Å². The monoisotopic (exact) mass is 511 g/mol. The topological polar surface area (TPSA) is 118 Å². The van der Waals surface area contributed by atoms with Crippen molar-refractivity contribution >= 4 is 11.4 Å². The SMILES string of the molecule is C#C/C(OC(C)C)=C(\c1c(N)n(C)c(=O)n(CCCOC2CCCCO2)c1=O)C(O)c1ccc(C)cc1. The molecule has 3 rings (SSSR count). The van der Waals surface area contributed by atoms with Crippen molar-refractivity contribution in [2.45, 2.75) is 71.5 Å². The number of anilines is 1. The maximum absolute atomic E-state index is 13.7. The highest BCUT2D eigenvalue weighted by atomic mass is 16.7. The molecule has 1 saturated heterocycles. The first-order valence-electron chi connectivity index (χ1n) is 12.6. The molecule has 9 nitrogen and oxygen atoms in total. The van der Waals surface area contributed by atoms with Gasteiger partial charge in [0.15, 0.2) is 12.0 Å². The molecule has 1 aliphatic heterocycles. The molecule has 2 atom stereocenters. The number of nitrogens with zero attached hydrogens (tertiary/aromatic N) is 2. The molecule has 1 aromatic heterocycles. The molecule has 1 aliphatic rings. The van der Waals surface area contributed by atoms with Gasteiger partial charge in [0.25, 0.3) is 5.56 Å². The van der Waals surface area contributed by atoms with E-state index in [0.29, 0.717) is 25.2 Å². The van der Waals surface area contributed by atoms with Crippen LogP contribution in [0.15, 0.2) is 39.6 Å². The number of aromatic nitrogens is 2.